The molecule has 1 heterocycles. The van der Waals surface area contributed by atoms with Crippen LogP contribution < -0.4 is 0 Å². The smallest absolute Gasteiger partial charge is 0.122 e. The standard InChI is InChI=1S/C13H16ClN3S/c1-4-6-11(10(14)5-2)17-13(18-3)12-7-8-15-9-16-12/h4,6-9H,5H2,1-3H3/b6-4-,11-10-,17-13?. The van der Waals surface area contributed by atoms with Crippen molar-refractivity contribution in [1.82, 2.24) is 9.97 Å². The van der Waals surface area contributed by atoms with Crippen LogP contribution in [0.1, 0.15) is 26.0 Å². The first-order valence-corrected chi connectivity index (χ1v) is 7.23. The number of rotatable bonds is 4. The molecule has 0 spiro atoms. The van der Waals surface area contributed by atoms with Crippen molar-refractivity contribution in [3.8, 4) is 0 Å². The van der Waals surface area contributed by atoms with Gasteiger partial charge in [0.2, 0.25) is 0 Å². The molecule has 0 bridgehead atoms. The lowest BCUT2D eigenvalue weighted by molar-refractivity contribution is 1.14. The molecule has 0 radical (unpaired) electrons. The average molecular weight is 282 g/mol. The largest absolute Gasteiger partial charge is 0.245 e. The van der Waals surface area contributed by atoms with Gasteiger partial charge in [0.15, 0.2) is 0 Å². The number of hydrogen-bond acceptors (Lipinski definition) is 4. The van der Waals surface area contributed by atoms with Crippen LogP contribution in [0.2, 0.25) is 0 Å². The van der Waals surface area contributed by atoms with Crippen LogP contribution in [-0.4, -0.2) is 21.3 Å². The molecule has 0 aliphatic rings. The molecular weight excluding hydrogens is 266 g/mol. The molecule has 0 amide bonds. The van der Waals surface area contributed by atoms with Crippen molar-refractivity contribution in [2.24, 2.45) is 4.99 Å². The molecule has 0 saturated heterocycles. The summed E-state index contributed by atoms with van der Waals surface area (Å²) in [5.41, 5.74) is 1.59. The normalized spacial score (nSPS) is 13.9. The Morgan fingerprint density at radius 3 is 2.83 bits per heavy atom. The minimum atomic E-state index is 0.744. The SMILES string of the molecule is C/C=C\C(N=C(SC)c1ccncn1)=C(\Cl)CC. The molecule has 5 heteroatoms. The summed E-state index contributed by atoms with van der Waals surface area (Å²) >= 11 is 7.72. The van der Waals surface area contributed by atoms with Gasteiger partial charge in [-0.3, -0.25) is 0 Å². The Kier molecular flexibility index (Phi) is 6.68. The molecule has 1 rings (SSSR count). The lowest BCUT2D eigenvalue weighted by Crippen LogP contribution is -1.99. The topological polar surface area (TPSA) is 38.1 Å². The van der Waals surface area contributed by atoms with Crippen molar-refractivity contribution >= 4 is 28.4 Å². The third-order valence-corrected chi connectivity index (χ3v) is 3.28. The molecule has 3 nitrogen and oxygen atoms in total. The lowest BCUT2D eigenvalue weighted by atomic mass is 10.3. The molecule has 1 aromatic heterocycles. The average Bonchev–Trinajstić information content (AvgIpc) is 2.43. The van der Waals surface area contributed by atoms with E-state index in [0.717, 1.165) is 27.9 Å². The van der Waals surface area contributed by atoms with Crippen molar-refractivity contribution < 1.29 is 0 Å². The molecule has 0 aliphatic heterocycles. The van der Waals surface area contributed by atoms with Crippen LogP contribution in [0, 0.1) is 0 Å². The highest BCUT2D eigenvalue weighted by Gasteiger charge is 2.05. The Balaban J connectivity index is 3.18. The van der Waals surface area contributed by atoms with E-state index in [4.69, 9.17) is 11.6 Å². The second-order valence-electron chi connectivity index (χ2n) is 3.36. The van der Waals surface area contributed by atoms with Gasteiger partial charge in [0.1, 0.15) is 11.4 Å². The lowest BCUT2D eigenvalue weighted by Gasteiger charge is -2.04. The maximum Gasteiger partial charge on any atom is 0.122 e. The summed E-state index contributed by atoms with van der Waals surface area (Å²) in [6.45, 7) is 3.95. The van der Waals surface area contributed by atoms with Crippen molar-refractivity contribution in [2.75, 3.05) is 6.26 Å². The molecule has 0 saturated carbocycles. The van der Waals surface area contributed by atoms with E-state index in [0.29, 0.717) is 0 Å². The Labute approximate surface area is 117 Å². The predicted molar refractivity (Wildman–Crippen MR) is 80.1 cm³/mol. The van der Waals surface area contributed by atoms with Crippen LogP contribution in [0.3, 0.4) is 0 Å². The van der Waals surface area contributed by atoms with E-state index in [1.165, 1.54) is 18.1 Å². The summed E-state index contributed by atoms with van der Waals surface area (Å²) < 4.78 is 0. The van der Waals surface area contributed by atoms with Gasteiger partial charge in [-0.25, -0.2) is 15.0 Å². The molecule has 96 valence electrons. The minimum Gasteiger partial charge on any atom is -0.245 e. The summed E-state index contributed by atoms with van der Waals surface area (Å²) in [6.07, 6.45) is 9.78. The Morgan fingerprint density at radius 2 is 2.33 bits per heavy atom. The fourth-order valence-electron chi connectivity index (χ4n) is 1.26. The first kappa shape index (κ1) is 14.9. The molecular formula is C13H16ClN3S. The summed E-state index contributed by atoms with van der Waals surface area (Å²) in [5, 5.41) is 1.57. The maximum absolute atomic E-state index is 6.18. The van der Waals surface area contributed by atoms with Crippen molar-refractivity contribution in [3.05, 3.63) is 47.2 Å². The van der Waals surface area contributed by atoms with Gasteiger partial charge < -0.3 is 0 Å². The fraction of sp³-hybridized carbons (Fsp3) is 0.308. The number of halogens is 1. The summed E-state index contributed by atoms with van der Waals surface area (Å²) in [5.74, 6) is 0. The highest BCUT2D eigenvalue weighted by molar-refractivity contribution is 8.13. The summed E-state index contributed by atoms with van der Waals surface area (Å²) in [7, 11) is 0. The van der Waals surface area contributed by atoms with E-state index in [-0.39, 0.29) is 0 Å². The van der Waals surface area contributed by atoms with Crippen molar-refractivity contribution in [1.29, 1.82) is 0 Å². The van der Waals surface area contributed by atoms with E-state index in [2.05, 4.69) is 15.0 Å². The van der Waals surface area contributed by atoms with Crippen LogP contribution in [0.25, 0.3) is 0 Å². The van der Waals surface area contributed by atoms with Gasteiger partial charge >= 0.3 is 0 Å². The second-order valence-corrected chi connectivity index (χ2v) is 4.61. The van der Waals surface area contributed by atoms with Crippen LogP contribution in [0.4, 0.5) is 0 Å². The van der Waals surface area contributed by atoms with E-state index >= 15 is 0 Å². The Hall–Kier alpha value is -1.13. The van der Waals surface area contributed by atoms with Crippen LogP contribution >= 0.6 is 23.4 Å². The minimum absolute atomic E-state index is 0.744. The Bertz CT molecular complexity index is 466. The predicted octanol–water partition coefficient (Wildman–Crippen LogP) is 4.02. The number of allylic oxidation sites excluding steroid dienone is 3. The molecule has 0 N–H and O–H groups in total. The van der Waals surface area contributed by atoms with Crippen LogP contribution in [-0.2, 0) is 0 Å². The van der Waals surface area contributed by atoms with Gasteiger partial charge in [0.05, 0.1) is 11.4 Å². The number of hydrogen-bond donors (Lipinski definition) is 0. The molecule has 0 unspecified atom stereocenters. The fourth-order valence-corrected chi connectivity index (χ4v) is 1.89. The number of thioether (sulfide) groups is 1. The van der Waals surface area contributed by atoms with E-state index in [9.17, 15) is 0 Å². The maximum atomic E-state index is 6.18. The summed E-state index contributed by atoms with van der Waals surface area (Å²) in [6, 6.07) is 1.84. The third-order valence-electron chi connectivity index (χ3n) is 2.13. The van der Waals surface area contributed by atoms with Crippen molar-refractivity contribution in [2.45, 2.75) is 20.3 Å². The Morgan fingerprint density at radius 1 is 1.56 bits per heavy atom. The van der Waals surface area contributed by atoms with Gasteiger partial charge in [-0.05, 0) is 31.7 Å². The summed E-state index contributed by atoms with van der Waals surface area (Å²) in [4.78, 5) is 12.7. The zero-order valence-electron chi connectivity index (χ0n) is 10.7. The highest BCUT2D eigenvalue weighted by Crippen LogP contribution is 2.19. The third kappa shape index (κ3) is 4.27. The molecule has 0 fully saturated rings. The number of aliphatic imine (C=N–C) groups is 1. The molecule has 18 heavy (non-hydrogen) atoms. The van der Waals surface area contributed by atoms with Gasteiger partial charge in [-0.15, -0.1) is 11.8 Å². The van der Waals surface area contributed by atoms with Gasteiger partial charge in [0.25, 0.3) is 0 Å². The molecule has 0 atom stereocenters. The first-order valence-electron chi connectivity index (χ1n) is 5.63. The van der Waals surface area contributed by atoms with Gasteiger partial charge in [-0.2, -0.15) is 0 Å². The first-order chi connectivity index (χ1) is 8.72. The number of aromatic nitrogens is 2. The van der Waals surface area contributed by atoms with Gasteiger partial charge in [-0.1, -0.05) is 24.6 Å². The monoisotopic (exact) mass is 281 g/mol. The quantitative estimate of drug-likeness (QED) is 0.475. The highest BCUT2D eigenvalue weighted by atomic mass is 35.5. The van der Waals surface area contributed by atoms with Gasteiger partial charge in [0, 0.05) is 11.2 Å². The zero-order chi connectivity index (χ0) is 13.4. The molecule has 0 aromatic carbocycles. The van der Waals surface area contributed by atoms with E-state index in [1.54, 1.807) is 6.20 Å². The van der Waals surface area contributed by atoms with E-state index < -0.39 is 0 Å². The van der Waals surface area contributed by atoms with E-state index in [1.807, 2.05) is 38.3 Å². The van der Waals surface area contributed by atoms with Crippen molar-refractivity contribution in [3.63, 3.8) is 0 Å². The zero-order valence-corrected chi connectivity index (χ0v) is 12.3. The van der Waals surface area contributed by atoms with Crippen LogP contribution in [0.15, 0.2) is 46.5 Å². The molecule has 1 aromatic rings. The second kappa shape index (κ2) is 8.06. The molecule has 0 aliphatic carbocycles. The van der Waals surface area contributed by atoms with Crippen LogP contribution in [0.5, 0.6) is 0 Å². The number of nitrogens with zero attached hydrogens (tertiary/aromatic N) is 3.